The highest BCUT2D eigenvalue weighted by Gasteiger charge is 2.07. The molecule has 0 saturated carbocycles. The van der Waals surface area contributed by atoms with E-state index >= 15 is 0 Å². The Morgan fingerprint density at radius 2 is 1.87 bits per heavy atom. The standard InChI is InChI=1S/C19H15NO2S/c21-19(11-10-17-13-23-14-20-17)22-18-9-5-4-8-16(18)12-15-6-2-1-3-7-15/h1-11,13-14H,12H2. The highest BCUT2D eigenvalue weighted by molar-refractivity contribution is 7.07. The van der Waals surface area contributed by atoms with Crippen LogP contribution in [0.4, 0.5) is 0 Å². The molecule has 1 heterocycles. The van der Waals surface area contributed by atoms with Gasteiger partial charge in [-0.3, -0.25) is 0 Å². The molecular weight excluding hydrogens is 306 g/mol. The van der Waals surface area contributed by atoms with Crippen molar-refractivity contribution in [2.45, 2.75) is 6.42 Å². The molecule has 0 atom stereocenters. The molecule has 0 aliphatic rings. The van der Waals surface area contributed by atoms with Crippen LogP contribution >= 0.6 is 11.3 Å². The molecule has 0 radical (unpaired) electrons. The number of carbonyl (C=O) groups is 1. The number of nitrogens with zero attached hydrogens (tertiary/aromatic N) is 1. The summed E-state index contributed by atoms with van der Waals surface area (Å²) >= 11 is 1.48. The molecule has 0 aliphatic heterocycles. The molecule has 114 valence electrons. The van der Waals surface area contributed by atoms with Crippen molar-refractivity contribution < 1.29 is 9.53 Å². The Labute approximate surface area is 138 Å². The Morgan fingerprint density at radius 3 is 2.65 bits per heavy atom. The lowest BCUT2D eigenvalue weighted by Gasteiger charge is -2.08. The van der Waals surface area contributed by atoms with Crippen LogP contribution in [-0.4, -0.2) is 11.0 Å². The summed E-state index contributed by atoms with van der Waals surface area (Å²) in [6, 6.07) is 17.7. The van der Waals surface area contributed by atoms with Gasteiger partial charge >= 0.3 is 5.97 Å². The molecule has 0 fully saturated rings. The first-order chi connectivity index (χ1) is 11.3. The van der Waals surface area contributed by atoms with Gasteiger partial charge in [-0.2, -0.15) is 0 Å². The molecule has 0 N–H and O–H groups in total. The zero-order chi connectivity index (χ0) is 15.9. The number of esters is 1. The zero-order valence-electron chi connectivity index (χ0n) is 12.4. The first-order valence-corrected chi connectivity index (χ1v) is 8.15. The highest BCUT2D eigenvalue weighted by Crippen LogP contribution is 2.21. The topological polar surface area (TPSA) is 39.2 Å². The van der Waals surface area contributed by atoms with E-state index < -0.39 is 5.97 Å². The Bertz CT molecular complexity index is 795. The van der Waals surface area contributed by atoms with E-state index in [9.17, 15) is 4.79 Å². The van der Waals surface area contributed by atoms with Crippen molar-refractivity contribution in [2.75, 3.05) is 0 Å². The number of hydrogen-bond donors (Lipinski definition) is 0. The Kier molecular flexibility index (Phi) is 4.96. The van der Waals surface area contributed by atoms with Crippen LogP contribution in [0, 0.1) is 0 Å². The van der Waals surface area contributed by atoms with Crippen molar-refractivity contribution in [3.8, 4) is 5.75 Å². The van der Waals surface area contributed by atoms with Gasteiger partial charge in [-0.25, -0.2) is 9.78 Å². The number of aromatic nitrogens is 1. The highest BCUT2D eigenvalue weighted by atomic mass is 32.1. The smallest absolute Gasteiger partial charge is 0.336 e. The van der Waals surface area contributed by atoms with Gasteiger partial charge in [-0.1, -0.05) is 48.5 Å². The van der Waals surface area contributed by atoms with Crippen LogP contribution in [0.25, 0.3) is 6.08 Å². The number of thiazole rings is 1. The fourth-order valence-corrected chi connectivity index (χ4v) is 2.69. The van der Waals surface area contributed by atoms with Crippen LogP contribution in [0.2, 0.25) is 0 Å². The van der Waals surface area contributed by atoms with Crippen LogP contribution < -0.4 is 4.74 Å². The molecule has 3 rings (SSSR count). The van der Waals surface area contributed by atoms with Gasteiger partial charge in [-0.05, 0) is 23.3 Å². The van der Waals surface area contributed by atoms with E-state index in [0.29, 0.717) is 5.75 Å². The van der Waals surface area contributed by atoms with Crippen LogP contribution in [0.3, 0.4) is 0 Å². The Hall–Kier alpha value is -2.72. The average molecular weight is 321 g/mol. The van der Waals surface area contributed by atoms with Crippen molar-refractivity contribution in [3.05, 3.63) is 88.4 Å². The Morgan fingerprint density at radius 1 is 1.09 bits per heavy atom. The number of rotatable bonds is 5. The van der Waals surface area contributed by atoms with Gasteiger partial charge in [0.2, 0.25) is 0 Å². The molecule has 0 amide bonds. The van der Waals surface area contributed by atoms with Gasteiger partial charge in [-0.15, -0.1) is 11.3 Å². The fourth-order valence-electron chi connectivity index (χ4n) is 2.17. The van der Waals surface area contributed by atoms with Crippen LogP contribution in [0.1, 0.15) is 16.8 Å². The summed E-state index contributed by atoms with van der Waals surface area (Å²) in [6.07, 6.45) is 3.77. The largest absolute Gasteiger partial charge is 0.423 e. The second kappa shape index (κ2) is 7.51. The minimum Gasteiger partial charge on any atom is -0.423 e. The maximum Gasteiger partial charge on any atom is 0.336 e. The SMILES string of the molecule is O=C(C=Cc1cscn1)Oc1ccccc1Cc1ccccc1. The van der Waals surface area contributed by atoms with Crippen molar-refractivity contribution >= 4 is 23.4 Å². The first-order valence-electron chi connectivity index (χ1n) is 7.21. The van der Waals surface area contributed by atoms with Gasteiger partial charge in [0.1, 0.15) is 5.75 Å². The molecule has 0 bridgehead atoms. The molecular formula is C19H15NO2S. The van der Waals surface area contributed by atoms with Crippen molar-refractivity contribution in [3.63, 3.8) is 0 Å². The maximum absolute atomic E-state index is 12.0. The predicted molar refractivity (Wildman–Crippen MR) is 92.5 cm³/mol. The fraction of sp³-hybridized carbons (Fsp3) is 0.0526. The molecule has 4 heteroatoms. The first kappa shape index (κ1) is 15.2. The second-order valence-electron chi connectivity index (χ2n) is 4.94. The third-order valence-electron chi connectivity index (χ3n) is 3.26. The van der Waals surface area contributed by atoms with Gasteiger partial charge in [0, 0.05) is 17.9 Å². The summed E-state index contributed by atoms with van der Waals surface area (Å²) in [7, 11) is 0. The molecule has 3 aromatic rings. The molecule has 2 aromatic carbocycles. The average Bonchev–Trinajstić information content (AvgIpc) is 3.09. The second-order valence-corrected chi connectivity index (χ2v) is 5.66. The summed E-state index contributed by atoms with van der Waals surface area (Å²) in [4.78, 5) is 16.1. The van der Waals surface area contributed by atoms with Gasteiger partial charge in [0.15, 0.2) is 0 Å². The van der Waals surface area contributed by atoms with E-state index in [4.69, 9.17) is 4.74 Å². The third kappa shape index (κ3) is 4.37. The van der Waals surface area contributed by atoms with Crippen molar-refractivity contribution in [2.24, 2.45) is 0 Å². The van der Waals surface area contributed by atoms with Crippen LogP contribution in [0.15, 0.2) is 71.6 Å². The van der Waals surface area contributed by atoms with E-state index in [2.05, 4.69) is 17.1 Å². The lowest BCUT2D eigenvalue weighted by molar-refractivity contribution is -0.128. The lowest BCUT2D eigenvalue weighted by Crippen LogP contribution is -2.06. The molecule has 23 heavy (non-hydrogen) atoms. The Balaban J connectivity index is 1.71. The minimum atomic E-state index is -0.404. The van der Waals surface area contributed by atoms with E-state index in [-0.39, 0.29) is 0 Å². The minimum absolute atomic E-state index is 0.404. The number of carbonyl (C=O) groups excluding carboxylic acids is 1. The van der Waals surface area contributed by atoms with Crippen LogP contribution in [-0.2, 0) is 11.2 Å². The number of para-hydroxylation sites is 1. The molecule has 0 unspecified atom stereocenters. The van der Waals surface area contributed by atoms with E-state index in [1.54, 1.807) is 11.6 Å². The third-order valence-corrected chi connectivity index (χ3v) is 3.87. The van der Waals surface area contributed by atoms with Crippen molar-refractivity contribution in [1.29, 1.82) is 0 Å². The van der Waals surface area contributed by atoms with Gasteiger partial charge < -0.3 is 4.74 Å². The molecule has 3 nitrogen and oxygen atoms in total. The summed E-state index contributed by atoms with van der Waals surface area (Å²) < 4.78 is 5.47. The van der Waals surface area contributed by atoms with E-state index in [1.807, 2.05) is 47.8 Å². The zero-order valence-corrected chi connectivity index (χ0v) is 13.2. The molecule has 0 spiro atoms. The summed E-state index contributed by atoms with van der Waals surface area (Å²) in [5.41, 5.74) is 4.63. The molecule has 0 aliphatic carbocycles. The van der Waals surface area contributed by atoms with Gasteiger partial charge in [0.25, 0.3) is 0 Å². The van der Waals surface area contributed by atoms with Crippen LogP contribution in [0.5, 0.6) is 5.75 Å². The molecule has 1 aromatic heterocycles. The monoisotopic (exact) mass is 321 g/mol. The van der Waals surface area contributed by atoms with Crippen molar-refractivity contribution in [1.82, 2.24) is 4.98 Å². The predicted octanol–water partition coefficient (Wildman–Crippen LogP) is 4.35. The van der Waals surface area contributed by atoms with E-state index in [1.165, 1.54) is 23.0 Å². The number of hydrogen-bond acceptors (Lipinski definition) is 4. The summed E-state index contributed by atoms with van der Waals surface area (Å²) in [5.74, 6) is 0.183. The summed E-state index contributed by atoms with van der Waals surface area (Å²) in [6.45, 7) is 0. The number of ether oxygens (including phenoxy) is 1. The lowest BCUT2D eigenvalue weighted by atomic mass is 10.0. The quantitative estimate of drug-likeness (QED) is 0.398. The number of benzene rings is 2. The summed E-state index contributed by atoms with van der Waals surface area (Å²) in [5, 5.41) is 1.87. The normalized spacial score (nSPS) is 10.8. The van der Waals surface area contributed by atoms with Gasteiger partial charge in [0.05, 0.1) is 11.2 Å². The van der Waals surface area contributed by atoms with E-state index in [0.717, 1.165) is 17.7 Å². The maximum atomic E-state index is 12.0. The molecule has 0 saturated heterocycles.